The first kappa shape index (κ1) is 12.1. The molecule has 0 aliphatic rings. The Labute approximate surface area is 110 Å². The average Bonchev–Trinajstić information content (AvgIpc) is 2.83. The van der Waals surface area contributed by atoms with Crippen LogP contribution in [0.1, 0.15) is 10.7 Å². The molecule has 16 heavy (non-hydrogen) atoms. The summed E-state index contributed by atoms with van der Waals surface area (Å²) in [6.07, 6.45) is 0. The first-order chi connectivity index (χ1) is 7.72. The third-order valence-electron chi connectivity index (χ3n) is 2.09. The van der Waals surface area contributed by atoms with Gasteiger partial charge >= 0.3 is 0 Å². The predicted octanol–water partition coefficient (Wildman–Crippen LogP) is 2.42. The van der Waals surface area contributed by atoms with Gasteiger partial charge in [0.05, 0.1) is 0 Å². The molecule has 1 N–H and O–H groups in total. The van der Waals surface area contributed by atoms with Crippen molar-refractivity contribution < 1.29 is 5.11 Å². The van der Waals surface area contributed by atoms with Gasteiger partial charge in [-0.05, 0) is 27.4 Å². The Bertz CT molecular complexity index is 483. The van der Waals surface area contributed by atoms with Gasteiger partial charge in [0, 0.05) is 22.2 Å². The number of thioether (sulfide) groups is 1. The molecule has 0 aliphatic heterocycles. The highest BCUT2D eigenvalue weighted by Gasteiger charge is 2.09. The lowest BCUT2D eigenvalue weighted by atomic mass is 10.5. The second kappa shape index (κ2) is 5.31. The fourth-order valence-corrected chi connectivity index (χ4v) is 3.89. The maximum atomic E-state index is 8.99. The van der Waals surface area contributed by atoms with Crippen molar-refractivity contribution in [1.29, 1.82) is 0 Å². The molecule has 7 heteroatoms. The van der Waals surface area contributed by atoms with Gasteiger partial charge in [-0.15, -0.1) is 21.5 Å². The normalized spacial score (nSPS) is 10.9. The lowest BCUT2D eigenvalue weighted by molar-refractivity contribution is 0.266. The second-order valence-corrected chi connectivity index (χ2v) is 5.89. The molecular weight excluding hydrogens is 310 g/mol. The average molecular weight is 320 g/mol. The second-order valence-electron chi connectivity index (χ2n) is 3.10. The lowest BCUT2D eigenvalue weighted by Gasteiger charge is -2.01. The molecular formula is C9H10BrN3OS2. The van der Waals surface area contributed by atoms with Crippen molar-refractivity contribution in [3.8, 4) is 0 Å². The summed E-state index contributed by atoms with van der Waals surface area (Å²) in [5.41, 5.74) is 0. The molecule has 0 spiro atoms. The molecule has 0 saturated heterocycles. The van der Waals surface area contributed by atoms with Crippen LogP contribution in [0.25, 0.3) is 0 Å². The van der Waals surface area contributed by atoms with Crippen molar-refractivity contribution in [2.24, 2.45) is 7.05 Å². The van der Waals surface area contributed by atoms with Gasteiger partial charge in [0.25, 0.3) is 0 Å². The van der Waals surface area contributed by atoms with Gasteiger partial charge < -0.3 is 9.67 Å². The number of halogens is 1. The minimum absolute atomic E-state index is 0.0766. The summed E-state index contributed by atoms with van der Waals surface area (Å²) in [5, 5.41) is 19.8. The van der Waals surface area contributed by atoms with Crippen molar-refractivity contribution in [1.82, 2.24) is 14.8 Å². The number of hydrogen-bond acceptors (Lipinski definition) is 5. The standard InChI is InChI=1S/C9H10BrN3OS2/c1-13-8(4-14)11-12-9(13)16-5-7-6(10)2-3-15-7/h2-3,14H,4-5H2,1H3. The minimum Gasteiger partial charge on any atom is -0.388 e. The van der Waals surface area contributed by atoms with Crippen LogP contribution in [0.4, 0.5) is 0 Å². The Balaban J connectivity index is 2.05. The van der Waals surface area contributed by atoms with E-state index in [1.807, 2.05) is 17.7 Å². The summed E-state index contributed by atoms with van der Waals surface area (Å²) < 4.78 is 2.95. The van der Waals surface area contributed by atoms with Crippen LogP contribution < -0.4 is 0 Å². The Morgan fingerprint density at radius 3 is 2.94 bits per heavy atom. The van der Waals surface area contributed by atoms with Gasteiger partial charge in [0.1, 0.15) is 6.61 Å². The molecule has 2 rings (SSSR count). The quantitative estimate of drug-likeness (QED) is 0.879. The molecule has 0 amide bonds. The van der Waals surface area contributed by atoms with Crippen LogP contribution in [0.15, 0.2) is 21.1 Å². The SMILES string of the molecule is Cn1c(CO)nnc1SCc1sccc1Br. The van der Waals surface area contributed by atoms with Gasteiger partial charge in [-0.25, -0.2) is 0 Å². The number of aliphatic hydroxyl groups excluding tert-OH is 1. The monoisotopic (exact) mass is 319 g/mol. The Hall–Kier alpha value is -0.370. The van der Waals surface area contributed by atoms with E-state index in [9.17, 15) is 0 Å². The molecule has 2 heterocycles. The summed E-state index contributed by atoms with van der Waals surface area (Å²) >= 11 is 6.82. The van der Waals surface area contributed by atoms with Crippen molar-refractivity contribution in [2.45, 2.75) is 17.5 Å². The van der Waals surface area contributed by atoms with Crippen molar-refractivity contribution >= 4 is 39.0 Å². The molecule has 2 aromatic rings. The number of nitrogens with zero attached hydrogens (tertiary/aromatic N) is 3. The van der Waals surface area contributed by atoms with Crippen LogP contribution in [0.5, 0.6) is 0 Å². The fourth-order valence-electron chi connectivity index (χ4n) is 1.17. The van der Waals surface area contributed by atoms with Crippen LogP contribution in [-0.2, 0) is 19.4 Å². The van der Waals surface area contributed by atoms with Crippen molar-refractivity contribution in [2.75, 3.05) is 0 Å². The zero-order chi connectivity index (χ0) is 11.5. The molecule has 86 valence electrons. The lowest BCUT2D eigenvalue weighted by Crippen LogP contribution is -1.98. The zero-order valence-corrected chi connectivity index (χ0v) is 11.8. The van der Waals surface area contributed by atoms with E-state index < -0.39 is 0 Å². The predicted molar refractivity (Wildman–Crippen MR) is 68.5 cm³/mol. The Morgan fingerprint density at radius 1 is 1.56 bits per heavy atom. The van der Waals surface area contributed by atoms with E-state index in [-0.39, 0.29) is 6.61 Å². The van der Waals surface area contributed by atoms with Crippen LogP contribution in [0.2, 0.25) is 0 Å². The third-order valence-corrected chi connectivity index (χ3v) is 5.25. The van der Waals surface area contributed by atoms with Gasteiger partial charge in [-0.2, -0.15) is 0 Å². The number of hydrogen-bond donors (Lipinski definition) is 1. The number of aromatic nitrogens is 3. The molecule has 2 aromatic heterocycles. The molecule has 0 fully saturated rings. The number of thiophene rings is 1. The molecule has 0 saturated carbocycles. The van der Waals surface area contributed by atoms with Crippen molar-refractivity contribution in [3.63, 3.8) is 0 Å². The molecule has 0 atom stereocenters. The van der Waals surface area contributed by atoms with E-state index in [2.05, 4.69) is 31.5 Å². The first-order valence-corrected chi connectivity index (χ1v) is 7.22. The smallest absolute Gasteiger partial charge is 0.191 e. The van der Waals surface area contributed by atoms with Gasteiger partial charge in [0.15, 0.2) is 11.0 Å². The van der Waals surface area contributed by atoms with Crippen LogP contribution >= 0.6 is 39.0 Å². The number of aliphatic hydroxyl groups is 1. The highest BCUT2D eigenvalue weighted by atomic mass is 79.9. The van der Waals surface area contributed by atoms with E-state index in [0.717, 1.165) is 15.4 Å². The van der Waals surface area contributed by atoms with E-state index in [1.165, 1.54) is 4.88 Å². The van der Waals surface area contributed by atoms with E-state index in [1.54, 1.807) is 23.1 Å². The molecule has 4 nitrogen and oxygen atoms in total. The van der Waals surface area contributed by atoms with Gasteiger partial charge in [0.2, 0.25) is 0 Å². The van der Waals surface area contributed by atoms with E-state index in [0.29, 0.717) is 5.82 Å². The highest BCUT2D eigenvalue weighted by Crippen LogP contribution is 2.29. The summed E-state index contributed by atoms with van der Waals surface area (Å²) in [5.74, 6) is 1.45. The molecule has 0 radical (unpaired) electrons. The maximum absolute atomic E-state index is 8.99. The van der Waals surface area contributed by atoms with Crippen LogP contribution in [0, 0.1) is 0 Å². The van der Waals surface area contributed by atoms with Gasteiger partial charge in [-0.1, -0.05) is 11.8 Å². The maximum Gasteiger partial charge on any atom is 0.191 e. The summed E-state index contributed by atoms with van der Waals surface area (Å²) in [6, 6.07) is 2.04. The third kappa shape index (κ3) is 2.48. The molecule has 0 bridgehead atoms. The van der Waals surface area contributed by atoms with Gasteiger partial charge in [-0.3, -0.25) is 0 Å². The zero-order valence-electron chi connectivity index (χ0n) is 8.55. The highest BCUT2D eigenvalue weighted by molar-refractivity contribution is 9.10. The molecule has 0 aliphatic carbocycles. The Morgan fingerprint density at radius 2 is 2.38 bits per heavy atom. The Kier molecular flexibility index (Phi) is 4.01. The topological polar surface area (TPSA) is 50.9 Å². The fraction of sp³-hybridized carbons (Fsp3) is 0.333. The van der Waals surface area contributed by atoms with Crippen LogP contribution in [-0.4, -0.2) is 19.9 Å². The van der Waals surface area contributed by atoms with E-state index in [4.69, 9.17) is 5.11 Å². The van der Waals surface area contributed by atoms with E-state index >= 15 is 0 Å². The minimum atomic E-state index is -0.0766. The largest absolute Gasteiger partial charge is 0.388 e. The summed E-state index contributed by atoms with van der Waals surface area (Å²) in [6.45, 7) is -0.0766. The summed E-state index contributed by atoms with van der Waals surface area (Å²) in [4.78, 5) is 1.28. The summed E-state index contributed by atoms with van der Waals surface area (Å²) in [7, 11) is 1.86. The number of rotatable bonds is 4. The first-order valence-electron chi connectivity index (χ1n) is 4.56. The van der Waals surface area contributed by atoms with Crippen LogP contribution in [0.3, 0.4) is 0 Å². The molecule has 0 unspecified atom stereocenters. The molecule has 0 aromatic carbocycles. The van der Waals surface area contributed by atoms with Crippen molar-refractivity contribution in [3.05, 3.63) is 26.6 Å².